The molecule has 1 aromatic heterocycles. The first-order chi connectivity index (χ1) is 8.70. The Morgan fingerprint density at radius 1 is 1.33 bits per heavy atom. The molecule has 0 saturated carbocycles. The van der Waals surface area contributed by atoms with E-state index in [1.807, 2.05) is 6.92 Å². The lowest BCUT2D eigenvalue weighted by Crippen LogP contribution is -2.18. The summed E-state index contributed by atoms with van der Waals surface area (Å²) < 4.78 is 8.22. The third-order valence-electron chi connectivity index (χ3n) is 2.95. The highest BCUT2D eigenvalue weighted by Crippen LogP contribution is 2.20. The van der Waals surface area contributed by atoms with Gasteiger partial charge in [-0.25, -0.2) is 0 Å². The first-order valence-corrected chi connectivity index (χ1v) is 7.41. The zero-order valence-electron chi connectivity index (χ0n) is 11.6. The van der Waals surface area contributed by atoms with Crippen LogP contribution in [0.25, 0.3) is 0 Å². The van der Waals surface area contributed by atoms with Crippen LogP contribution in [-0.2, 0) is 17.8 Å². The van der Waals surface area contributed by atoms with Gasteiger partial charge >= 0.3 is 0 Å². The topological polar surface area (TPSA) is 39.1 Å². The number of methoxy groups -OCH3 is 1. The number of hydrogen-bond acceptors (Lipinski definition) is 3. The summed E-state index contributed by atoms with van der Waals surface area (Å²) in [6.07, 6.45) is 3.56. The Bertz CT molecular complexity index is 352. The largest absolute Gasteiger partial charge is 0.385 e. The van der Waals surface area contributed by atoms with Gasteiger partial charge in [0.2, 0.25) is 0 Å². The van der Waals surface area contributed by atoms with E-state index in [-0.39, 0.29) is 0 Å². The molecule has 0 aliphatic heterocycles. The summed E-state index contributed by atoms with van der Waals surface area (Å²) in [5.74, 6) is 0. The number of aryl methyl sites for hydroxylation is 2. The summed E-state index contributed by atoms with van der Waals surface area (Å²) in [6, 6.07) is 0. The van der Waals surface area contributed by atoms with Crippen molar-refractivity contribution in [3.63, 3.8) is 0 Å². The van der Waals surface area contributed by atoms with Crippen LogP contribution in [-0.4, -0.2) is 30.0 Å². The lowest BCUT2D eigenvalue weighted by atomic mass is 10.2. The Labute approximate surface area is 118 Å². The van der Waals surface area contributed by atoms with Crippen LogP contribution in [0, 0.1) is 6.92 Å². The van der Waals surface area contributed by atoms with Gasteiger partial charge in [-0.05, 0) is 55.6 Å². The van der Waals surface area contributed by atoms with E-state index in [2.05, 4.69) is 38.0 Å². The number of hydrogen-bond donors (Lipinski definition) is 1. The minimum atomic E-state index is 0.868. The monoisotopic (exact) mass is 317 g/mol. The summed E-state index contributed by atoms with van der Waals surface area (Å²) in [6.45, 7) is 7.85. The second-order valence-electron chi connectivity index (χ2n) is 4.39. The average Bonchev–Trinajstić information content (AvgIpc) is 2.65. The predicted molar refractivity (Wildman–Crippen MR) is 77.8 cm³/mol. The fourth-order valence-corrected chi connectivity index (χ4v) is 2.34. The normalized spacial score (nSPS) is 11.1. The van der Waals surface area contributed by atoms with Crippen molar-refractivity contribution in [2.45, 2.75) is 46.2 Å². The number of rotatable bonds is 9. The van der Waals surface area contributed by atoms with Gasteiger partial charge in [0, 0.05) is 26.8 Å². The van der Waals surface area contributed by atoms with E-state index in [9.17, 15) is 0 Å². The summed E-state index contributed by atoms with van der Waals surface area (Å²) in [5.41, 5.74) is 2.31. The Morgan fingerprint density at radius 2 is 2.11 bits per heavy atom. The maximum absolute atomic E-state index is 5.03. The summed E-state index contributed by atoms with van der Waals surface area (Å²) in [7, 11) is 1.75. The molecule has 0 radical (unpaired) electrons. The summed E-state index contributed by atoms with van der Waals surface area (Å²) >= 11 is 3.61. The smallest absolute Gasteiger partial charge is 0.0739 e. The summed E-state index contributed by atoms with van der Waals surface area (Å²) in [4.78, 5) is 0. The maximum atomic E-state index is 5.03. The number of unbranched alkanes of at least 4 members (excludes halogenated alkanes) is 2. The lowest BCUT2D eigenvalue weighted by Gasteiger charge is -2.07. The molecule has 1 rings (SSSR count). The molecule has 0 unspecified atom stereocenters. The fourth-order valence-electron chi connectivity index (χ4n) is 1.92. The molecule has 0 atom stereocenters. The quantitative estimate of drug-likeness (QED) is 0.712. The second kappa shape index (κ2) is 8.67. The zero-order valence-corrected chi connectivity index (χ0v) is 13.2. The van der Waals surface area contributed by atoms with Crippen LogP contribution in [0.5, 0.6) is 0 Å². The van der Waals surface area contributed by atoms with Crippen LogP contribution >= 0.6 is 15.9 Å². The predicted octanol–water partition coefficient (Wildman–Crippen LogP) is 2.88. The van der Waals surface area contributed by atoms with Crippen molar-refractivity contribution in [2.24, 2.45) is 0 Å². The Morgan fingerprint density at radius 3 is 2.78 bits per heavy atom. The fraction of sp³-hybridized carbons (Fsp3) is 0.769. The van der Waals surface area contributed by atoms with Gasteiger partial charge in [-0.1, -0.05) is 0 Å². The van der Waals surface area contributed by atoms with E-state index in [0.717, 1.165) is 42.8 Å². The van der Waals surface area contributed by atoms with Gasteiger partial charge in [0.15, 0.2) is 0 Å². The number of ether oxygens (including phenoxy) is 1. The number of nitrogens with zero attached hydrogens (tertiary/aromatic N) is 2. The molecule has 1 N–H and O–H groups in total. The molecule has 0 saturated heterocycles. The van der Waals surface area contributed by atoms with Gasteiger partial charge in [0.1, 0.15) is 0 Å². The molecule has 4 nitrogen and oxygen atoms in total. The maximum Gasteiger partial charge on any atom is 0.0739 e. The second-order valence-corrected chi connectivity index (χ2v) is 5.19. The summed E-state index contributed by atoms with van der Waals surface area (Å²) in [5, 5.41) is 7.96. The first-order valence-electron chi connectivity index (χ1n) is 6.62. The highest BCUT2D eigenvalue weighted by atomic mass is 79.9. The molecule has 0 bridgehead atoms. The van der Waals surface area contributed by atoms with Crippen LogP contribution in [0.3, 0.4) is 0 Å². The zero-order chi connectivity index (χ0) is 13.4. The molecule has 0 fully saturated rings. The lowest BCUT2D eigenvalue weighted by molar-refractivity contribution is 0.192. The Kier molecular flexibility index (Phi) is 7.54. The average molecular weight is 318 g/mol. The molecule has 0 spiro atoms. The van der Waals surface area contributed by atoms with Crippen molar-refractivity contribution in [2.75, 3.05) is 20.3 Å². The third kappa shape index (κ3) is 4.71. The van der Waals surface area contributed by atoms with Crippen molar-refractivity contribution >= 4 is 15.9 Å². The van der Waals surface area contributed by atoms with E-state index in [0.29, 0.717) is 0 Å². The molecule has 0 aromatic carbocycles. The van der Waals surface area contributed by atoms with Gasteiger partial charge in [0.05, 0.1) is 15.9 Å². The van der Waals surface area contributed by atoms with Crippen LogP contribution in [0.1, 0.15) is 37.6 Å². The van der Waals surface area contributed by atoms with Crippen LogP contribution in [0.2, 0.25) is 0 Å². The minimum Gasteiger partial charge on any atom is -0.385 e. The highest BCUT2D eigenvalue weighted by Gasteiger charge is 2.10. The van der Waals surface area contributed by atoms with Gasteiger partial charge in [-0.3, -0.25) is 4.68 Å². The van der Waals surface area contributed by atoms with Crippen molar-refractivity contribution in [3.8, 4) is 0 Å². The molecule has 0 amide bonds. The van der Waals surface area contributed by atoms with Crippen molar-refractivity contribution < 1.29 is 4.74 Å². The molecule has 0 aliphatic rings. The SMILES string of the molecule is CCn1nc(C)c(Br)c1CNCCCCCOC. The number of halogens is 1. The first kappa shape index (κ1) is 15.7. The molecule has 5 heteroatoms. The van der Waals surface area contributed by atoms with Gasteiger partial charge in [-0.15, -0.1) is 0 Å². The molecular formula is C13H24BrN3O. The molecule has 18 heavy (non-hydrogen) atoms. The van der Waals surface area contributed by atoms with E-state index >= 15 is 0 Å². The van der Waals surface area contributed by atoms with Crippen molar-refractivity contribution in [1.82, 2.24) is 15.1 Å². The molecule has 104 valence electrons. The van der Waals surface area contributed by atoms with E-state index in [4.69, 9.17) is 4.74 Å². The van der Waals surface area contributed by atoms with E-state index in [1.165, 1.54) is 18.5 Å². The molecule has 0 aliphatic carbocycles. The van der Waals surface area contributed by atoms with Crippen LogP contribution in [0.4, 0.5) is 0 Å². The van der Waals surface area contributed by atoms with Crippen LogP contribution < -0.4 is 5.32 Å². The number of nitrogens with one attached hydrogen (secondary N) is 1. The highest BCUT2D eigenvalue weighted by molar-refractivity contribution is 9.10. The standard InChI is InChI=1S/C13H24BrN3O/c1-4-17-12(13(14)11(2)16-17)10-15-8-6-5-7-9-18-3/h15H,4-10H2,1-3H3. The Hall–Kier alpha value is -0.390. The van der Waals surface area contributed by atoms with Gasteiger partial charge in [0.25, 0.3) is 0 Å². The minimum absolute atomic E-state index is 0.868. The van der Waals surface area contributed by atoms with E-state index in [1.54, 1.807) is 7.11 Å². The van der Waals surface area contributed by atoms with Gasteiger partial charge in [-0.2, -0.15) is 5.10 Å². The number of aromatic nitrogens is 2. The molecule has 1 aromatic rings. The Balaban J connectivity index is 2.26. The van der Waals surface area contributed by atoms with Crippen molar-refractivity contribution in [1.29, 1.82) is 0 Å². The third-order valence-corrected chi connectivity index (χ3v) is 3.98. The van der Waals surface area contributed by atoms with Crippen LogP contribution in [0.15, 0.2) is 4.47 Å². The van der Waals surface area contributed by atoms with Gasteiger partial charge < -0.3 is 10.1 Å². The molecule has 1 heterocycles. The molecular weight excluding hydrogens is 294 g/mol. The van der Waals surface area contributed by atoms with E-state index < -0.39 is 0 Å². The van der Waals surface area contributed by atoms with Crippen molar-refractivity contribution in [3.05, 3.63) is 15.9 Å².